The van der Waals surface area contributed by atoms with E-state index in [9.17, 15) is 0 Å². The van der Waals surface area contributed by atoms with Crippen LogP contribution < -0.4 is 5.32 Å². The summed E-state index contributed by atoms with van der Waals surface area (Å²) in [6.45, 7) is 2.20. The SMILES string of the molecule is CCC(Nc1ccc(C=Cc2ccncc2)cc1)c1ccccc1.Cl. The quantitative estimate of drug-likeness (QED) is 0.569. The lowest BCUT2D eigenvalue weighted by Crippen LogP contribution is -2.09. The second-order valence-corrected chi connectivity index (χ2v) is 5.75. The van der Waals surface area contributed by atoms with E-state index in [2.05, 4.69) is 84.0 Å². The fraction of sp³-hybridized carbons (Fsp3) is 0.136. The Morgan fingerprint density at radius 3 is 2.04 bits per heavy atom. The predicted molar refractivity (Wildman–Crippen MR) is 110 cm³/mol. The van der Waals surface area contributed by atoms with E-state index in [-0.39, 0.29) is 12.4 Å². The molecule has 128 valence electrons. The van der Waals surface area contributed by atoms with Gasteiger partial charge in [0.2, 0.25) is 0 Å². The molecular weight excluding hydrogens is 328 g/mol. The first-order valence-corrected chi connectivity index (χ1v) is 8.35. The Bertz CT molecular complexity index is 768. The van der Waals surface area contributed by atoms with E-state index in [0.29, 0.717) is 6.04 Å². The monoisotopic (exact) mass is 350 g/mol. The Balaban J connectivity index is 0.00000225. The number of hydrogen-bond donors (Lipinski definition) is 1. The van der Waals surface area contributed by atoms with Gasteiger partial charge in [0.25, 0.3) is 0 Å². The Hall–Kier alpha value is -2.58. The molecule has 0 aliphatic carbocycles. The van der Waals surface area contributed by atoms with E-state index in [1.807, 2.05) is 12.1 Å². The number of pyridine rings is 1. The number of hydrogen-bond acceptors (Lipinski definition) is 2. The zero-order chi connectivity index (χ0) is 16.6. The molecule has 3 aromatic rings. The van der Waals surface area contributed by atoms with Gasteiger partial charge in [-0.15, -0.1) is 12.4 Å². The third kappa shape index (κ3) is 5.47. The smallest absolute Gasteiger partial charge is 0.0511 e. The molecule has 2 nitrogen and oxygen atoms in total. The zero-order valence-corrected chi connectivity index (χ0v) is 15.1. The summed E-state index contributed by atoms with van der Waals surface area (Å²) in [7, 11) is 0. The number of nitrogens with one attached hydrogen (secondary N) is 1. The molecule has 3 heteroatoms. The number of anilines is 1. The largest absolute Gasteiger partial charge is 0.378 e. The second-order valence-electron chi connectivity index (χ2n) is 5.75. The maximum absolute atomic E-state index is 4.03. The van der Waals surface area contributed by atoms with Gasteiger partial charge >= 0.3 is 0 Å². The predicted octanol–water partition coefficient (Wildman–Crippen LogP) is 6.24. The van der Waals surface area contributed by atoms with Gasteiger partial charge in [0.05, 0.1) is 6.04 Å². The second kappa shape index (κ2) is 9.65. The summed E-state index contributed by atoms with van der Waals surface area (Å²) in [6.07, 6.45) is 8.88. The Morgan fingerprint density at radius 1 is 0.840 bits per heavy atom. The molecular formula is C22H23ClN2. The molecule has 0 amide bonds. The fourth-order valence-electron chi connectivity index (χ4n) is 2.67. The lowest BCUT2D eigenvalue weighted by atomic mass is 10.0. The summed E-state index contributed by atoms with van der Waals surface area (Å²) >= 11 is 0. The van der Waals surface area contributed by atoms with Crippen molar-refractivity contribution in [2.75, 3.05) is 5.32 Å². The number of halogens is 1. The highest BCUT2D eigenvalue weighted by atomic mass is 35.5. The van der Waals surface area contributed by atoms with E-state index < -0.39 is 0 Å². The van der Waals surface area contributed by atoms with Gasteiger partial charge in [0.1, 0.15) is 0 Å². The van der Waals surface area contributed by atoms with Crippen LogP contribution in [0.15, 0.2) is 79.1 Å². The average Bonchev–Trinajstić information content (AvgIpc) is 2.67. The topological polar surface area (TPSA) is 24.9 Å². The van der Waals surface area contributed by atoms with Crippen molar-refractivity contribution in [1.29, 1.82) is 0 Å². The van der Waals surface area contributed by atoms with Crippen molar-refractivity contribution < 1.29 is 0 Å². The van der Waals surface area contributed by atoms with E-state index >= 15 is 0 Å². The van der Waals surface area contributed by atoms with Crippen molar-refractivity contribution >= 4 is 30.2 Å². The van der Waals surface area contributed by atoms with Gasteiger partial charge in [0.15, 0.2) is 0 Å². The van der Waals surface area contributed by atoms with Crippen molar-refractivity contribution in [3.8, 4) is 0 Å². The molecule has 1 N–H and O–H groups in total. The third-order valence-electron chi connectivity index (χ3n) is 4.04. The molecule has 0 bridgehead atoms. The van der Waals surface area contributed by atoms with Crippen LogP contribution in [0, 0.1) is 0 Å². The average molecular weight is 351 g/mol. The van der Waals surface area contributed by atoms with Gasteiger partial charge < -0.3 is 5.32 Å². The van der Waals surface area contributed by atoms with Crippen molar-refractivity contribution in [1.82, 2.24) is 4.98 Å². The van der Waals surface area contributed by atoms with E-state index in [1.165, 1.54) is 11.1 Å². The molecule has 2 aromatic carbocycles. The van der Waals surface area contributed by atoms with Crippen LogP contribution in [-0.2, 0) is 0 Å². The van der Waals surface area contributed by atoms with Crippen molar-refractivity contribution in [2.24, 2.45) is 0 Å². The van der Waals surface area contributed by atoms with Crippen LogP contribution in [0.2, 0.25) is 0 Å². The van der Waals surface area contributed by atoms with Gasteiger partial charge in [-0.3, -0.25) is 4.98 Å². The molecule has 0 aliphatic rings. The minimum absolute atomic E-state index is 0. The van der Waals surface area contributed by atoms with Crippen LogP contribution in [-0.4, -0.2) is 4.98 Å². The number of aromatic nitrogens is 1. The number of nitrogens with zero attached hydrogens (tertiary/aromatic N) is 1. The van der Waals surface area contributed by atoms with Crippen LogP contribution in [0.1, 0.15) is 36.1 Å². The molecule has 0 saturated heterocycles. The van der Waals surface area contributed by atoms with Crippen LogP contribution >= 0.6 is 12.4 Å². The molecule has 0 radical (unpaired) electrons. The minimum atomic E-state index is 0. The zero-order valence-electron chi connectivity index (χ0n) is 14.3. The lowest BCUT2D eigenvalue weighted by molar-refractivity contribution is 0.749. The highest BCUT2D eigenvalue weighted by Crippen LogP contribution is 2.23. The molecule has 0 spiro atoms. The van der Waals surface area contributed by atoms with Gasteiger partial charge in [-0.25, -0.2) is 0 Å². The van der Waals surface area contributed by atoms with Crippen LogP contribution in [0.5, 0.6) is 0 Å². The molecule has 0 fully saturated rings. The molecule has 1 aromatic heterocycles. The molecule has 25 heavy (non-hydrogen) atoms. The van der Waals surface area contributed by atoms with Crippen molar-refractivity contribution in [2.45, 2.75) is 19.4 Å². The molecule has 1 atom stereocenters. The van der Waals surface area contributed by atoms with Crippen LogP contribution in [0.25, 0.3) is 12.2 Å². The first kappa shape index (κ1) is 18.8. The molecule has 1 heterocycles. The number of benzene rings is 2. The van der Waals surface area contributed by atoms with E-state index in [1.54, 1.807) is 12.4 Å². The van der Waals surface area contributed by atoms with Crippen LogP contribution in [0.3, 0.4) is 0 Å². The maximum Gasteiger partial charge on any atom is 0.0511 e. The standard InChI is InChI=1S/C22H22N2.ClH/c1-2-22(20-6-4-3-5-7-20)24-21-12-10-18(11-13-21)8-9-19-14-16-23-17-15-19;/h3-17,22,24H,2H2,1H3;1H. The molecule has 1 unspecified atom stereocenters. The first-order chi connectivity index (χ1) is 11.8. The first-order valence-electron chi connectivity index (χ1n) is 8.35. The van der Waals surface area contributed by atoms with Gasteiger partial charge in [-0.1, -0.05) is 61.5 Å². The lowest BCUT2D eigenvalue weighted by Gasteiger charge is -2.18. The van der Waals surface area contributed by atoms with Crippen molar-refractivity contribution in [3.63, 3.8) is 0 Å². The number of rotatable bonds is 6. The van der Waals surface area contributed by atoms with Crippen LogP contribution in [0.4, 0.5) is 5.69 Å². The Kier molecular flexibility index (Phi) is 7.24. The molecule has 0 saturated carbocycles. The van der Waals surface area contributed by atoms with Gasteiger partial charge in [-0.05, 0) is 47.4 Å². The molecule has 3 rings (SSSR count). The Morgan fingerprint density at radius 2 is 1.44 bits per heavy atom. The minimum Gasteiger partial charge on any atom is -0.378 e. The third-order valence-corrected chi connectivity index (χ3v) is 4.04. The van der Waals surface area contributed by atoms with Gasteiger partial charge in [0, 0.05) is 18.1 Å². The van der Waals surface area contributed by atoms with E-state index in [4.69, 9.17) is 0 Å². The normalized spacial score (nSPS) is 11.7. The van der Waals surface area contributed by atoms with E-state index in [0.717, 1.165) is 17.7 Å². The highest BCUT2D eigenvalue weighted by Gasteiger charge is 2.07. The maximum atomic E-state index is 4.03. The molecule has 0 aliphatic heterocycles. The summed E-state index contributed by atoms with van der Waals surface area (Å²) in [5.74, 6) is 0. The Labute approximate surface area is 156 Å². The summed E-state index contributed by atoms with van der Waals surface area (Å²) in [5, 5.41) is 3.61. The fourth-order valence-corrected chi connectivity index (χ4v) is 2.67. The summed E-state index contributed by atoms with van der Waals surface area (Å²) in [4.78, 5) is 4.03. The van der Waals surface area contributed by atoms with Gasteiger partial charge in [-0.2, -0.15) is 0 Å². The summed E-state index contributed by atoms with van der Waals surface area (Å²) in [6, 6.07) is 23.5. The highest BCUT2D eigenvalue weighted by molar-refractivity contribution is 5.85. The summed E-state index contributed by atoms with van der Waals surface area (Å²) in [5.41, 5.74) is 4.81. The van der Waals surface area contributed by atoms with Crippen molar-refractivity contribution in [3.05, 3.63) is 95.8 Å². The summed E-state index contributed by atoms with van der Waals surface area (Å²) < 4.78 is 0.